The zero-order valence-corrected chi connectivity index (χ0v) is 23.8. The molecule has 0 N–H and O–H groups in total. The third-order valence-corrected chi connectivity index (χ3v) is 7.48. The first-order chi connectivity index (χ1) is 19.2. The van der Waals surface area contributed by atoms with Crippen LogP contribution in [0.2, 0.25) is 0 Å². The Labute approximate surface area is 237 Å². The van der Waals surface area contributed by atoms with Gasteiger partial charge in [-0.2, -0.15) is 0 Å². The van der Waals surface area contributed by atoms with Gasteiger partial charge in [0.2, 0.25) is 0 Å². The number of allylic oxidation sites excluding steroid dienone is 5. The highest BCUT2D eigenvalue weighted by Gasteiger charge is 2.51. The van der Waals surface area contributed by atoms with Crippen LogP contribution in [-0.2, 0) is 9.31 Å². The molecule has 1 aliphatic rings. The number of rotatable bonds is 7. The lowest BCUT2D eigenvalue weighted by atomic mass is 9.78. The minimum absolute atomic E-state index is 0.429. The van der Waals surface area contributed by atoms with E-state index in [0.717, 1.165) is 33.3 Å². The summed E-state index contributed by atoms with van der Waals surface area (Å²) in [5.74, 6) is 1.71. The Morgan fingerprint density at radius 3 is 1.93 bits per heavy atom. The molecule has 3 aromatic carbocycles. The first-order valence-electron chi connectivity index (χ1n) is 13.5. The first kappa shape index (κ1) is 27.4. The third-order valence-electron chi connectivity index (χ3n) is 7.48. The Kier molecular flexibility index (Phi) is 7.66. The SMILES string of the molecule is C=C/C(=C\C=C/C)c1nc(-c2cccc(B3OC(C)(C)C(C)(C)O3)c2)nc(-c2cccc(-c3ccccc3)c2)n1. The molecule has 200 valence electrons. The van der Waals surface area contributed by atoms with Crippen LogP contribution in [0.1, 0.15) is 40.4 Å². The van der Waals surface area contributed by atoms with E-state index in [1.165, 1.54) is 0 Å². The fourth-order valence-corrected chi connectivity index (χ4v) is 4.47. The van der Waals surface area contributed by atoms with E-state index in [1.807, 2.05) is 79.7 Å². The van der Waals surface area contributed by atoms with Crippen LogP contribution in [0.4, 0.5) is 0 Å². The lowest BCUT2D eigenvalue weighted by Crippen LogP contribution is -2.41. The summed E-state index contributed by atoms with van der Waals surface area (Å²) >= 11 is 0. The minimum Gasteiger partial charge on any atom is -0.399 e. The van der Waals surface area contributed by atoms with E-state index < -0.39 is 18.3 Å². The molecule has 0 unspecified atom stereocenters. The van der Waals surface area contributed by atoms with Crippen molar-refractivity contribution in [2.75, 3.05) is 0 Å². The molecule has 0 aliphatic carbocycles. The van der Waals surface area contributed by atoms with Gasteiger partial charge in [-0.25, -0.2) is 15.0 Å². The van der Waals surface area contributed by atoms with Crippen LogP contribution in [0.3, 0.4) is 0 Å². The quantitative estimate of drug-likeness (QED) is 0.186. The zero-order valence-electron chi connectivity index (χ0n) is 23.8. The van der Waals surface area contributed by atoms with Crippen LogP contribution in [0.5, 0.6) is 0 Å². The fourth-order valence-electron chi connectivity index (χ4n) is 4.47. The number of nitrogens with zero attached hydrogens (tertiary/aromatic N) is 3. The van der Waals surface area contributed by atoms with Crippen molar-refractivity contribution in [2.45, 2.75) is 45.8 Å². The van der Waals surface area contributed by atoms with E-state index in [0.29, 0.717) is 17.5 Å². The Bertz CT molecular complexity index is 1580. The van der Waals surface area contributed by atoms with Crippen molar-refractivity contribution in [1.29, 1.82) is 0 Å². The van der Waals surface area contributed by atoms with Crippen molar-refractivity contribution in [2.24, 2.45) is 0 Å². The van der Waals surface area contributed by atoms with E-state index in [2.05, 4.69) is 58.5 Å². The fraction of sp³-hybridized carbons (Fsp3) is 0.206. The van der Waals surface area contributed by atoms with Crippen LogP contribution in [0, 0.1) is 0 Å². The smallest absolute Gasteiger partial charge is 0.399 e. The number of hydrogen-bond acceptors (Lipinski definition) is 5. The second-order valence-corrected chi connectivity index (χ2v) is 10.8. The van der Waals surface area contributed by atoms with Gasteiger partial charge >= 0.3 is 7.12 Å². The molecule has 0 amide bonds. The average Bonchev–Trinajstić information content (AvgIpc) is 3.20. The van der Waals surface area contributed by atoms with Gasteiger partial charge in [-0.05, 0) is 57.3 Å². The van der Waals surface area contributed by atoms with E-state index in [9.17, 15) is 0 Å². The molecule has 1 saturated heterocycles. The molecule has 5 rings (SSSR count). The second kappa shape index (κ2) is 11.2. The zero-order chi connectivity index (χ0) is 28.3. The van der Waals surface area contributed by atoms with E-state index in [-0.39, 0.29) is 0 Å². The van der Waals surface area contributed by atoms with Crippen molar-refractivity contribution >= 4 is 18.2 Å². The number of benzene rings is 3. The maximum absolute atomic E-state index is 6.31. The number of hydrogen-bond donors (Lipinski definition) is 0. The third kappa shape index (κ3) is 5.60. The molecule has 2 heterocycles. The summed E-state index contributed by atoms with van der Waals surface area (Å²) in [5.41, 5.74) is 4.85. The summed E-state index contributed by atoms with van der Waals surface area (Å²) in [7, 11) is -0.480. The Morgan fingerprint density at radius 2 is 1.30 bits per heavy atom. The highest BCUT2D eigenvalue weighted by Crippen LogP contribution is 2.36. The lowest BCUT2D eigenvalue weighted by molar-refractivity contribution is 0.00578. The van der Waals surface area contributed by atoms with Gasteiger partial charge in [-0.1, -0.05) is 104 Å². The normalized spacial score (nSPS) is 16.4. The lowest BCUT2D eigenvalue weighted by Gasteiger charge is -2.32. The molecule has 0 bridgehead atoms. The van der Waals surface area contributed by atoms with Gasteiger partial charge in [-0.3, -0.25) is 0 Å². The molecular formula is C34H34BN3O2. The summed E-state index contributed by atoms with van der Waals surface area (Å²) in [6.45, 7) is 14.2. The molecule has 5 nitrogen and oxygen atoms in total. The molecule has 0 saturated carbocycles. The van der Waals surface area contributed by atoms with E-state index in [4.69, 9.17) is 24.3 Å². The highest BCUT2D eigenvalue weighted by molar-refractivity contribution is 6.62. The highest BCUT2D eigenvalue weighted by atomic mass is 16.7. The first-order valence-corrected chi connectivity index (χ1v) is 13.5. The molecule has 1 fully saturated rings. The molecule has 0 atom stereocenters. The Hall–Kier alpha value is -4.13. The molecule has 4 aromatic rings. The van der Waals surface area contributed by atoms with Gasteiger partial charge in [0, 0.05) is 16.7 Å². The van der Waals surface area contributed by atoms with Crippen molar-refractivity contribution in [3.05, 3.63) is 116 Å². The van der Waals surface area contributed by atoms with Crippen molar-refractivity contribution in [1.82, 2.24) is 15.0 Å². The summed E-state index contributed by atoms with van der Waals surface area (Å²) in [6, 6.07) is 26.6. The van der Waals surface area contributed by atoms with Gasteiger partial charge in [-0.15, -0.1) is 0 Å². The van der Waals surface area contributed by atoms with Crippen LogP contribution in [0.25, 0.3) is 39.5 Å². The van der Waals surface area contributed by atoms with Crippen molar-refractivity contribution in [3.63, 3.8) is 0 Å². The van der Waals surface area contributed by atoms with E-state index in [1.54, 1.807) is 6.08 Å². The van der Waals surface area contributed by atoms with Crippen molar-refractivity contribution in [3.8, 4) is 33.9 Å². The van der Waals surface area contributed by atoms with Gasteiger partial charge in [0.25, 0.3) is 0 Å². The van der Waals surface area contributed by atoms with Crippen molar-refractivity contribution < 1.29 is 9.31 Å². The largest absolute Gasteiger partial charge is 0.494 e. The number of aromatic nitrogens is 3. The van der Waals surface area contributed by atoms with Crippen LogP contribution in [0.15, 0.2) is 110 Å². The maximum Gasteiger partial charge on any atom is 0.494 e. The van der Waals surface area contributed by atoms with Gasteiger partial charge in [0.1, 0.15) is 0 Å². The predicted octanol–water partition coefficient (Wildman–Crippen LogP) is 7.32. The molecule has 1 aliphatic heterocycles. The van der Waals surface area contributed by atoms with Gasteiger partial charge in [0.15, 0.2) is 17.5 Å². The molecule has 1 aromatic heterocycles. The van der Waals surface area contributed by atoms with Crippen LogP contribution < -0.4 is 5.46 Å². The Morgan fingerprint density at radius 1 is 0.725 bits per heavy atom. The topological polar surface area (TPSA) is 57.1 Å². The van der Waals surface area contributed by atoms with Crippen LogP contribution in [-0.4, -0.2) is 33.3 Å². The van der Waals surface area contributed by atoms with E-state index >= 15 is 0 Å². The molecule has 6 heteroatoms. The summed E-state index contributed by atoms with van der Waals surface area (Å²) in [6.07, 6.45) is 7.64. The Balaban J connectivity index is 1.61. The molecule has 0 spiro atoms. The standard InChI is InChI=1S/C34H34BN3O2/c1-7-9-15-24(8-2)30-36-31(27-19-13-18-26(22-27)25-16-11-10-12-17-25)38-32(37-30)28-20-14-21-29(23-28)35-39-33(3,4)34(5,6)40-35/h7-23H,2H2,1,3-6H3/b9-7-,24-15+. The minimum atomic E-state index is -0.480. The van der Waals surface area contributed by atoms with Gasteiger partial charge in [0.05, 0.1) is 11.2 Å². The maximum atomic E-state index is 6.31. The predicted molar refractivity (Wildman–Crippen MR) is 165 cm³/mol. The summed E-state index contributed by atoms with van der Waals surface area (Å²) in [4.78, 5) is 14.7. The molecule has 0 radical (unpaired) electrons. The molecular weight excluding hydrogens is 493 g/mol. The second-order valence-electron chi connectivity index (χ2n) is 10.8. The summed E-state index contributed by atoms with van der Waals surface area (Å²) in [5, 5.41) is 0. The van der Waals surface area contributed by atoms with Gasteiger partial charge < -0.3 is 9.31 Å². The van der Waals surface area contributed by atoms with Crippen LogP contribution >= 0.6 is 0 Å². The molecule has 40 heavy (non-hydrogen) atoms. The monoisotopic (exact) mass is 527 g/mol. The average molecular weight is 527 g/mol. The summed E-state index contributed by atoms with van der Waals surface area (Å²) < 4.78 is 12.6.